The van der Waals surface area contributed by atoms with Gasteiger partial charge in [-0.15, -0.1) is 0 Å². The Morgan fingerprint density at radius 2 is 1.90 bits per heavy atom. The van der Waals surface area contributed by atoms with Crippen molar-refractivity contribution < 1.29 is 14.3 Å². The van der Waals surface area contributed by atoms with Gasteiger partial charge in [0.25, 0.3) is 11.5 Å². The van der Waals surface area contributed by atoms with Crippen LogP contribution in [0.15, 0.2) is 65.6 Å². The van der Waals surface area contributed by atoms with Gasteiger partial charge in [0.15, 0.2) is 0 Å². The van der Waals surface area contributed by atoms with Crippen molar-refractivity contribution >= 4 is 17.6 Å². The quantitative estimate of drug-likeness (QED) is 0.680. The highest BCUT2D eigenvalue weighted by Gasteiger charge is 2.22. The third kappa shape index (κ3) is 3.82. The van der Waals surface area contributed by atoms with Crippen LogP contribution in [0.3, 0.4) is 0 Å². The van der Waals surface area contributed by atoms with E-state index in [9.17, 15) is 14.4 Å². The summed E-state index contributed by atoms with van der Waals surface area (Å²) < 4.78 is 6.54. The molecule has 6 nitrogen and oxygen atoms in total. The van der Waals surface area contributed by atoms with E-state index in [0.29, 0.717) is 29.8 Å². The van der Waals surface area contributed by atoms with E-state index >= 15 is 0 Å². The Morgan fingerprint density at radius 1 is 1.10 bits per heavy atom. The van der Waals surface area contributed by atoms with E-state index in [0.717, 1.165) is 11.1 Å². The van der Waals surface area contributed by atoms with Crippen molar-refractivity contribution in [3.63, 3.8) is 0 Å². The van der Waals surface area contributed by atoms with E-state index in [1.807, 2.05) is 30.3 Å². The maximum absolute atomic E-state index is 12.9. The molecular weight excluding hydrogens is 368 g/mol. The molecule has 0 unspecified atom stereocenters. The minimum absolute atomic E-state index is 0.119. The average molecular weight is 388 g/mol. The Kier molecular flexibility index (Phi) is 4.99. The molecule has 2 aromatic carbocycles. The molecule has 0 aliphatic carbocycles. The molecule has 2 heterocycles. The zero-order valence-corrected chi connectivity index (χ0v) is 16.0. The molecular formula is C23H20N2O4. The van der Waals surface area contributed by atoms with Crippen LogP contribution >= 0.6 is 0 Å². The number of hydrogen-bond donors (Lipinski definition) is 1. The first-order valence-corrected chi connectivity index (χ1v) is 9.38. The predicted octanol–water partition coefficient (Wildman–Crippen LogP) is 3.32. The lowest BCUT2D eigenvalue weighted by atomic mass is 10.1. The van der Waals surface area contributed by atoms with Crippen molar-refractivity contribution in [2.75, 3.05) is 5.32 Å². The lowest BCUT2D eigenvalue weighted by molar-refractivity contribution is 0.0535. The van der Waals surface area contributed by atoms with Crippen LogP contribution in [0, 0.1) is 6.92 Å². The molecule has 0 radical (unpaired) electrons. The second-order valence-electron chi connectivity index (χ2n) is 7.01. The molecule has 0 spiro atoms. The summed E-state index contributed by atoms with van der Waals surface area (Å²) in [6.07, 6.45) is 2.42. The van der Waals surface area contributed by atoms with E-state index in [1.54, 1.807) is 42.0 Å². The molecule has 4 rings (SSSR count). The van der Waals surface area contributed by atoms with E-state index in [1.165, 1.54) is 0 Å². The van der Waals surface area contributed by atoms with E-state index in [-0.39, 0.29) is 23.7 Å². The molecule has 1 aliphatic rings. The summed E-state index contributed by atoms with van der Waals surface area (Å²) in [7, 11) is 0. The van der Waals surface area contributed by atoms with Crippen LogP contribution in [-0.2, 0) is 24.3 Å². The Bertz CT molecular complexity index is 1150. The van der Waals surface area contributed by atoms with Gasteiger partial charge in [-0.1, -0.05) is 30.3 Å². The fraction of sp³-hybridized carbons (Fsp3) is 0.174. The maximum atomic E-state index is 12.9. The second kappa shape index (κ2) is 7.75. The molecule has 0 saturated heterocycles. The predicted molar refractivity (Wildman–Crippen MR) is 109 cm³/mol. The van der Waals surface area contributed by atoms with Gasteiger partial charge in [0.05, 0.1) is 5.56 Å². The number of nitrogens with zero attached hydrogens (tertiary/aromatic N) is 1. The highest BCUT2D eigenvalue weighted by atomic mass is 16.5. The third-order valence-electron chi connectivity index (χ3n) is 5.03. The first-order chi connectivity index (χ1) is 14.0. The minimum Gasteiger partial charge on any atom is -0.457 e. The molecule has 0 fully saturated rings. The first-order valence-electron chi connectivity index (χ1n) is 9.38. The first kappa shape index (κ1) is 18.7. The number of hydrogen-bond acceptors (Lipinski definition) is 4. The number of anilines is 1. The third-order valence-corrected chi connectivity index (χ3v) is 5.03. The summed E-state index contributed by atoms with van der Waals surface area (Å²) in [6.45, 7) is 2.42. The molecule has 146 valence electrons. The van der Waals surface area contributed by atoms with Crippen molar-refractivity contribution in [3.05, 3.63) is 99.0 Å². The SMILES string of the molecule is Cc1ccn(CCc2ccccc2)c(=O)c1C(=O)Nc1ccc2c(c1)COC2=O. The van der Waals surface area contributed by atoms with Crippen LogP contribution in [-0.4, -0.2) is 16.4 Å². The number of cyclic esters (lactones) is 1. The molecule has 1 aromatic heterocycles. The molecule has 1 N–H and O–H groups in total. The number of aromatic nitrogens is 1. The molecule has 0 bridgehead atoms. The van der Waals surface area contributed by atoms with Gasteiger partial charge < -0.3 is 14.6 Å². The minimum atomic E-state index is -0.466. The number of amides is 1. The molecule has 3 aromatic rings. The highest BCUT2D eigenvalue weighted by molar-refractivity contribution is 6.05. The summed E-state index contributed by atoms with van der Waals surface area (Å²) in [4.78, 5) is 37.3. The van der Waals surface area contributed by atoms with Crippen LogP contribution in [0.2, 0.25) is 0 Å². The fourth-order valence-corrected chi connectivity index (χ4v) is 3.42. The van der Waals surface area contributed by atoms with Crippen molar-refractivity contribution in [1.29, 1.82) is 0 Å². The van der Waals surface area contributed by atoms with Crippen molar-refractivity contribution in [2.45, 2.75) is 26.5 Å². The molecule has 1 aliphatic heterocycles. The summed E-state index contributed by atoms with van der Waals surface area (Å²) in [6, 6.07) is 16.6. The monoisotopic (exact) mass is 388 g/mol. The number of nitrogens with one attached hydrogen (secondary N) is 1. The number of carbonyl (C=O) groups is 2. The van der Waals surface area contributed by atoms with Crippen molar-refractivity contribution in [3.8, 4) is 0 Å². The van der Waals surface area contributed by atoms with Crippen molar-refractivity contribution in [1.82, 2.24) is 4.57 Å². The van der Waals surface area contributed by atoms with E-state index in [4.69, 9.17) is 4.74 Å². The van der Waals surface area contributed by atoms with Crippen LogP contribution < -0.4 is 10.9 Å². The van der Waals surface area contributed by atoms with Gasteiger partial charge in [0, 0.05) is 24.0 Å². The zero-order chi connectivity index (χ0) is 20.4. The summed E-state index contributed by atoms with van der Waals surface area (Å²) in [5.41, 5.74) is 3.28. The van der Waals surface area contributed by atoms with Gasteiger partial charge in [0.2, 0.25) is 0 Å². The molecule has 0 saturated carbocycles. The number of pyridine rings is 1. The largest absolute Gasteiger partial charge is 0.457 e. The van der Waals surface area contributed by atoms with Crippen LogP contribution in [0.4, 0.5) is 5.69 Å². The fourth-order valence-electron chi connectivity index (χ4n) is 3.42. The average Bonchev–Trinajstić information content (AvgIpc) is 3.08. The van der Waals surface area contributed by atoms with E-state index < -0.39 is 5.91 Å². The van der Waals surface area contributed by atoms with Crippen molar-refractivity contribution in [2.24, 2.45) is 0 Å². The van der Waals surface area contributed by atoms with Gasteiger partial charge in [-0.3, -0.25) is 9.59 Å². The van der Waals surface area contributed by atoms with Gasteiger partial charge in [0.1, 0.15) is 12.2 Å². The smallest absolute Gasteiger partial charge is 0.338 e. The van der Waals surface area contributed by atoms with Crippen LogP contribution in [0.1, 0.15) is 37.4 Å². The zero-order valence-electron chi connectivity index (χ0n) is 16.0. The topological polar surface area (TPSA) is 77.4 Å². The summed E-state index contributed by atoms with van der Waals surface area (Å²) in [5, 5.41) is 2.77. The van der Waals surface area contributed by atoms with Gasteiger partial charge in [-0.2, -0.15) is 0 Å². The lowest BCUT2D eigenvalue weighted by Gasteiger charge is -2.12. The number of esters is 1. The highest BCUT2D eigenvalue weighted by Crippen LogP contribution is 2.23. The number of ether oxygens (including phenoxy) is 1. The van der Waals surface area contributed by atoms with Gasteiger partial charge in [-0.05, 0) is 48.7 Å². The lowest BCUT2D eigenvalue weighted by Crippen LogP contribution is -2.30. The van der Waals surface area contributed by atoms with Crippen LogP contribution in [0.25, 0.3) is 0 Å². The molecule has 6 heteroatoms. The normalized spacial score (nSPS) is 12.4. The molecule has 0 atom stereocenters. The molecule has 1 amide bonds. The van der Waals surface area contributed by atoms with Gasteiger partial charge >= 0.3 is 5.97 Å². The summed E-state index contributed by atoms with van der Waals surface area (Å²) in [5.74, 6) is -0.829. The number of benzene rings is 2. The Morgan fingerprint density at radius 3 is 2.69 bits per heavy atom. The Labute approximate surface area is 167 Å². The van der Waals surface area contributed by atoms with Gasteiger partial charge in [-0.25, -0.2) is 4.79 Å². The standard InChI is InChI=1S/C23H20N2O4/c1-15-9-11-25(12-10-16-5-3-2-4-6-16)22(27)20(15)21(26)24-18-7-8-19-17(13-18)14-29-23(19)28/h2-9,11,13H,10,12,14H2,1H3,(H,24,26). The Hall–Kier alpha value is -3.67. The Balaban J connectivity index is 1.55. The molecule has 29 heavy (non-hydrogen) atoms. The number of aryl methyl sites for hydroxylation is 3. The summed E-state index contributed by atoms with van der Waals surface area (Å²) >= 11 is 0. The number of fused-ring (bicyclic) bond motifs is 1. The number of rotatable bonds is 5. The van der Waals surface area contributed by atoms with Crippen LogP contribution in [0.5, 0.6) is 0 Å². The van der Waals surface area contributed by atoms with E-state index in [2.05, 4.69) is 5.32 Å². The maximum Gasteiger partial charge on any atom is 0.338 e. The number of carbonyl (C=O) groups excluding carboxylic acids is 2. The second-order valence-corrected chi connectivity index (χ2v) is 7.01.